The van der Waals surface area contributed by atoms with Gasteiger partial charge in [-0.2, -0.15) is 0 Å². The Morgan fingerprint density at radius 1 is 1.05 bits per heavy atom. The highest BCUT2D eigenvalue weighted by Crippen LogP contribution is 2.35. The standard InChI is InChI=1S/C15H24BrNO2S/c1-10(2)15(12(5)16)13-8-6-7-9-14(13)20(18,19)17-11(3)4/h6-12,15,17H,1-5H3. The van der Waals surface area contributed by atoms with E-state index in [0.29, 0.717) is 10.8 Å². The van der Waals surface area contributed by atoms with Gasteiger partial charge in [0.25, 0.3) is 0 Å². The van der Waals surface area contributed by atoms with E-state index in [0.717, 1.165) is 5.56 Å². The van der Waals surface area contributed by atoms with Gasteiger partial charge in [-0.3, -0.25) is 0 Å². The molecule has 0 fully saturated rings. The lowest BCUT2D eigenvalue weighted by molar-refractivity contribution is 0.489. The summed E-state index contributed by atoms with van der Waals surface area (Å²) in [5, 5.41) is 0. The molecule has 0 heterocycles. The summed E-state index contributed by atoms with van der Waals surface area (Å²) in [7, 11) is -3.47. The Balaban J connectivity index is 3.37. The van der Waals surface area contributed by atoms with E-state index in [-0.39, 0.29) is 16.8 Å². The van der Waals surface area contributed by atoms with E-state index in [1.54, 1.807) is 12.1 Å². The first-order chi connectivity index (χ1) is 9.16. The molecule has 2 atom stereocenters. The molecule has 3 nitrogen and oxygen atoms in total. The second-order valence-corrected chi connectivity index (χ2v) is 8.89. The van der Waals surface area contributed by atoms with Crippen LogP contribution < -0.4 is 4.72 Å². The van der Waals surface area contributed by atoms with Crippen molar-refractivity contribution in [2.45, 2.75) is 56.3 Å². The number of alkyl halides is 1. The Morgan fingerprint density at radius 3 is 2.05 bits per heavy atom. The van der Waals surface area contributed by atoms with E-state index in [1.165, 1.54) is 0 Å². The molecule has 0 amide bonds. The van der Waals surface area contributed by atoms with Gasteiger partial charge in [-0.05, 0) is 37.3 Å². The Kier molecular flexibility index (Phi) is 6.23. The maximum Gasteiger partial charge on any atom is 0.241 e. The lowest BCUT2D eigenvalue weighted by Crippen LogP contribution is -2.32. The maximum atomic E-state index is 12.5. The number of halogens is 1. The predicted molar refractivity (Wildman–Crippen MR) is 87.9 cm³/mol. The molecular formula is C15H24BrNO2S. The quantitative estimate of drug-likeness (QED) is 0.781. The van der Waals surface area contributed by atoms with Crippen molar-refractivity contribution in [2.24, 2.45) is 5.92 Å². The summed E-state index contributed by atoms with van der Waals surface area (Å²) in [5.74, 6) is 0.495. The zero-order valence-corrected chi connectivity index (χ0v) is 15.1. The van der Waals surface area contributed by atoms with E-state index in [4.69, 9.17) is 0 Å². The van der Waals surface area contributed by atoms with Gasteiger partial charge in [-0.1, -0.05) is 54.9 Å². The van der Waals surface area contributed by atoms with Gasteiger partial charge in [0.15, 0.2) is 0 Å². The van der Waals surface area contributed by atoms with Crippen molar-refractivity contribution < 1.29 is 8.42 Å². The summed E-state index contributed by atoms with van der Waals surface area (Å²) in [6.07, 6.45) is 0. The van der Waals surface area contributed by atoms with E-state index in [9.17, 15) is 8.42 Å². The molecule has 20 heavy (non-hydrogen) atoms. The van der Waals surface area contributed by atoms with Gasteiger partial charge >= 0.3 is 0 Å². The van der Waals surface area contributed by atoms with Crippen molar-refractivity contribution in [1.29, 1.82) is 0 Å². The number of rotatable bonds is 6. The van der Waals surface area contributed by atoms with Gasteiger partial charge in [0.05, 0.1) is 4.90 Å². The lowest BCUT2D eigenvalue weighted by Gasteiger charge is -2.26. The van der Waals surface area contributed by atoms with Crippen LogP contribution in [-0.2, 0) is 10.0 Å². The second kappa shape index (κ2) is 7.05. The van der Waals surface area contributed by atoms with Crippen LogP contribution in [-0.4, -0.2) is 19.3 Å². The summed E-state index contributed by atoms with van der Waals surface area (Å²) < 4.78 is 27.6. The van der Waals surface area contributed by atoms with Crippen LogP contribution in [0.1, 0.15) is 46.1 Å². The molecule has 0 spiro atoms. The third-order valence-corrected chi connectivity index (χ3v) is 5.47. The van der Waals surface area contributed by atoms with Crippen molar-refractivity contribution in [3.05, 3.63) is 29.8 Å². The van der Waals surface area contributed by atoms with Crippen molar-refractivity contribution in [2.75, 3.05) is 0 Å². The van der Waals surface area contributed by atoms with Crippen LogP contribution in [0, 0.1) is 5.92 Å². The number of hydrogen-bond acceptors (Lipinski definition) is 2. The number of sulfonamides is 1. The smallest absolute Gasteiger partial charge is 0.209 e. The summed E-state index contributed by atoms with van der Waals surface area (Å²) in [5.41, 5.74) is 0.875. The number of nitrogens with one attached hydrogen (secondary N) is 1. The summed E-state index contributed by atoms with van der Waals surface area (Å²) in [6.45, 7) is 9.94. The van der Waals surface area contributed by atoms with Gasteiger partial charge < -0.3 is 0 Å². The molecule has 1 rings (SSSR count). The van der Waals surface area contributed by atoms with Gasteiger partial charge in [-0.15, -0.1) is 0 Å². The molecular weight excluding hydrogens is 338 g/mol. The van der Waals surface area contributed by atoms with E-state index < -0.39 is 10.0 Å². The molecule has 0 bridgehead atoms. The average molecular weight is 362 g/mol. The molecule has 0 saturated carbocycles. The normalized spacial score (nSPS) is 15.6. The Morgan fingerprint density at radius 2 is 1.60 bits per heavy atom. The molecule has 0 saturated heterocycles. The van der Waals surface area contributed by atoms with Crippen molar-refractivity contribution in [1.82, 2.24) is 4.72 Å². The van der Waals surface area contributed by atoms with Crippen molar-refractivity contribution >= 4 is 26.0 Å². The summed E-state index contributed by atoms with van der Waals surface area (Å²) >= 11 is 3.61. The Bertz CT molecular complexity index is 531. The average Bonchev–Trinajstić information content (AvgIpc) is 2.26. The zero-order valence-electron chi connectivity index (χ0n) is 12.7. The third-order valence-electron chi connectivity index (χ3n) is 3.17. The van der Waals surface area contributed by atoms with Crippen LogP contribution in [0.15, 0.2) is 29.2 Å². The van der Waals surface area contributed by atoms with Crippen LogP contribution in [0.4, 0.5) is 0 Å². The molecule has 1 aromatic carbocycles. The molecule has 2 unspecified atom stereocenters. The zero-order chi connectivity index (χ0) is 15.5. The van der Waals surface area contributed by atoms with Gasteiger partial charge in [-0.25, -0.2) is 13.1 Å². The Labute approximate surface area is 131 Å². The van der Waals surface area contributed by atoms with E-state index >= 15 is 0 Å². The van der Waals surface area contributed by atoms with E-state index in [2.05, 4.69) is 41.4 Å². The monoisotopic (exact) mass is 361 g/mol. The first-order valence-corrected chi connectivity index (χ1v) is 9.32. The first kappa shape index (κ1) is 17.7. The second-order valence-electron chi connectivity index (χ2n) is 5.76. The molecule has 114 valence electrons. The van der Waals surface area contributed by atoms with Crippen molar-refractivity contribution in [3.63, 3.8) is 0 Å². The fraction of sp³-hybridized carbons (Fsp3) is 0.600. The fourth-order valence-corrected chi connectivity index (χ4v) is 4.93. The van der Waals surface area contributed by atoms with Crippen LogP contribution in [0.3, 0.4) is 0 Å². The SMILES string of the molecule is CC(C)NS(=O)(=O)c1ccccc1C(C(C)C)C(C)Br. The minimum atomic E-state index is -3.47. The molecule has 1 aromatic rings. The maximum absolute atomic E-state index is 12.5. The number of hydrogen-bond donors (Lipinski definition) is 1. The minimum Gasteiger partial charge on any atom is -0.209 e. The Hall–Kier alpha value is -0.390. The fourth-order valence-electron chi connectivity index (χ4n) is 2.51. The van der Waals surface area contributed by atoms with Crippen LogP contribution in [0.2, 0.25) is 0 Å². The predicted octanol–water partition coefficient (Wildman–Crippen LogP) is 3.90. The van der Waals surface area contributed by atoms with Gasteiger partial charge in [0, 0.05) is 10.9 Å². The highest BCUT2D eigenvalue weighted by atomic mass is 79.9. The molecule has 0 aromatic heterocycles. The highest BCUT2D eigenvalue weighted by Gasteiger charge is 2.28. The van der Waals surface area contributed by atoms with Crippen LogP contribution in [0.25, 0.3) is 0 Å². The van der Waals surface area contributed by atoms with Crippen molar-refractivity contribution in [3.8, 4) is 0 Å². The lowest BCUT2D eigenvalue weighted by atomic mass is 9.86. The molecule has 1 N–H and O–H groups in total. The highest BCUT2D eigenvalue weighted by molar-refractivity contribution is 9.09. The largest absolute Gasteiger partial charge is 0.241 e. The third kappa shape index (κ3) is 4.30. The molecule has 0 aliphatic rings. The van der Waals surface area contributed by atoms with Gasteiger partial charge in [0.1, 0.15) is 0 Å². The molecule has 5 heteroatoms. The summed E-state index contributed by atoms with van der Waals surface area (Å²) in [6, 6.07) is 7.15. The topological polar surface area (TPSA) is 46.2 Å². The number of benzene rings is 1. The molecule has 0 aliphatic heterocycles. The molecule has 0 radical (unpaired) electrons. The van der Waals surface area contributed by atoms with Gasteiger partial charge in [0.2, 0.25) is 10.0 Å². The molecule has 0 aliphatic carbocycles. The first-order valence-electron chi connectivity index (χ1n) is 6.92. The summed E-state index contributed by atoms with van der Waals surface area (Å²) in [4.78, 5) is 0.594. The van der Waals surface area contributed by atoms with Crippen LogP contribution in [0.5, 0.6) is 0 Å². The minimum absolute atomic E-state index is 0.119. The van der Waals surface area contributed by atoms with E-state index in [1.807, 2.05) is 26.0 Å². The van der Waals surface area contributed by atoms with Crippen LogP contribution >= 0.6 is 15.9 Å².